The van der Waals surface area contributed by atoms with Gasteiger partial charge in [0, 0.05) is 0 Å². The highest BCUT2D eigenvalue weighted by molar-refractivity contribution is 7.85. The highest BCUT2D eigenvalue weighted by Crippen LogP contribution is 2.28. The van der Waals surface area contributed by atoms with E-state index < -0.39 is 10.1 Å². The molecule has 4 heteroatoms. The lowest BCUT2D eigenvalue weighted by Crippen LogP contribution is -2.00. The third-order valence-electron chi connectivity index (χ3n) is 5.17. The van der Waals surface area contributed by atoms with Crippen molar-refractivity contribution >= 4 is 10.1 Å². The van der Waals surface area contributed by atoms with Crippen molar-refractivity contribution in [2.45, 2.75) is 75.5 Å². The maximum Gasteiger partial charge on any atom is 0.294 e. The molecule has 0 aliphatic carbocycles. The molecule has 2 aromatic rings. The fourth-order valence-corrected chi connectivity index (χ4v) is 4.05. The van der Waals surface area contributed by atoms with Crippen LogP contribution in [0.25, 0.3) is 0 Å². The first kappa shape index (κ1) is 21.6. The van der Waals surface area contributed by atoms with Gasteiger partial charge in [-0.15, -0.1) is 0 Å². The molecule has 1 N–H and O–H groups in total. The van der Waals surface area contributed by atoms with E-state index in [1.807, 2.05) is 0 Å². The second-order valence-electron chi connectivity index (χ2n) is 7.32. The molecule has 1 atom stereocenters. The summed E-state index contributed by atoms with van der Waals surface area (Å²) in [5.41, 5.74) is 2.58. The maximum absolute atomic E-state index is 11.1. The number of hydrogen-bond acceptors (Lipinski definition) is 2. The van der Waals surface area contributed by atoms with Crippen LogP contribution in [0, 0.1) is 0 Å². The highest BCUT2D eigenvalue weighted by Gasteiger charge is 2.11. The van der Waals surface area contributed by atoms with Gasteiger partial charge in [0.2, 0.25) is 0 Å². The van der Waals surface area contributed by atoms with Gasteiger partial charge in [-0.2, -0.15) is 8.42 Å². The van der Waals surface area contributed by atoms with Gasteiger partial charge in [0.05, 0.1) is 4.90 Å². The van der Waals surface area contributed by atoms with Crippen LogP contribution >= 0.6 is 0 Å². The Hall–Kier alpha value is -1.65. The van der Waals surface area contributed by atoms with Gasteiger partial charge in [-0.05, 0) is 54.9 Å². The van der Waals surface area contributed by atoms with Gasteiger partial charge < -0.3 is 0 Å². The molecule has 0 saturated carbocycles. The van der Waals surface area contributed by atoms with E-state index in [0.29, 0.717) is 5.92 Å². The van der Waals surface area contributed by atoms with Crippen molar-refractivity contribution in [2.75, 3.05) is 0 Å². The largest absolute Gasteiger partial charge is 0.294 e. The van der Waals surface area contributed by atoms with Crippen LogP contribution in [0.2, 0.25) is 0 Å². The van der Waals surface area contributed by atoms with E-state index in [0.717, 1.165) is 18.4 Å². The second-order valence-corrected chi connectivity index (χ2v) is 8.74. The van der Waals surface area contributed by atoms with Crippen LogP contribution in [0.1, 0.15) is 75.3 Å². The summed E-state index contributed by atoms with van der Waals surface area (Å²) in [6, 6.07) is 17.4. The standard InChI is InChI=1S/C23H32O3S/c1-2-3-6-12-21(22-14-9-5-10-15-22)13-8-4-7-11-20-16-18-23(19-17-20)27(24,25)26/h5,9-10,14-19,21H,2-4,6-8,11-13H2,1H3,(H,24,25,26). The van der Waals surface area contributed by atoms with Gasteiger partial charge in [0.1, 0.15) is 0 Å². The predicted molar refractivity (Wildman–Crippen MR) is 112 cm³/mol. The summed E-state index contributed by atoms with van der Waals surface area (Å²) in [5, 5.41) is 0. The Morgan fingerprint density at radius 3 is 2.04 bits per heavy atom. The van der Waals surface area contributed by atoms with E-state index in [9.17, 15) is 8.42 Å². The number of hydrogen-bond donors (Lipinski definition) is 1. The monoisotopic (exact) mass is 388 g/mol. The van der Waals surface area contributed by atoms with Crippen LogP contribution in [-0.4, -0.2) is 13.0 Å². The first-order valence-corrected chi connectivity index (χ1v) is 11.6. The summed E-state index contributed by atoms with van der Waals surface area (Å²) in [7, 11) is -4.09. The van der Waals surface area contributed by atoms with Crippen molar-refractivity contribution < 1.29 is 13.0 Å². The molecule has 3 nitrogen and oxygen atoms in total. The maximum atomic E-state index is 11.1. The van der Waals surface area contributed by atoms with Crippen LogP contribution in [0.4, 0.5) is 0 Å². The van der Waals surface area contributed by atoms with E-state index in [1.165, 1.54) is 62.6 Å². The van der Waals surface area contributed by atoms with Crippen LogP contribution < -0.4 is 0 Å². The Bertz CT molecular complexity index is 752. The van der Waals surface area contributed by atoms with E-state index >= 15 is 0 Å². The summed E-state index contributed by atoms with van der Waals surface area (Å²) in [6.07, 6.45) is 10.8. The van der Waals surface area contributed by atoms with E-state index in [1.54, 1.807) is 12.1 Å². The minimum absolute atomic E-state index is 0.0379. The average Bonchev–Trinajstić information content (AvgIpc) is 2.67. The third kappa shape index (κ3) is 7.86. The van der Waals surface area contributed by atoms with Gasteiger partial charge in [-0.3, -0.25) is 4.55 Å². The van der Waals surface area contributed by atoms with Crippen molar-refractivity contribution in [3.05, 3.63) is 65.7 Å². The van der Waals surface area contributed by atoms with Gasteiger partial charge in [0.25, 0.3) is 10.1 Å². The lowest BCUT2D eigenvalue weighted by Gasteiger charge is -2.17. The molecule has 0 spiro atoms. The Labute approximate surface area is 164 Å². The summed E-state index contributed by atoms with van der Waals surface area (Å²) in [5.74, 6) is 0.659. The SMILES string of the molecule is CCCCCC(CCCCCc1ccc(S(=O)(=O)O)cc1)c1ccccc1. The fourth-order valence-electron chi connectivity index (χ4n) is 3.57. The van der Waals surface area contributed by atoms with Crippen LogP contribution in [0.3, 0.4) is 0 Å². The molecule has 0 radical (unpaired) electrons. The molecule has 0 aliphatic rings. The summed E-state index contributed by atoms with van der Waals surface area (Å²) in [4.78, 5) is -0.0379. The van der Waals surface area contributed by atoms with Crippen molar-refractivity contribution in [3.63, 3.8) is 0 Å². The predicted octanol–water partition coefficient (Wildman–Crippen LogP) is 6.40. The van der Waals surface area contributed by atoms with Crippen LogP contribution in [0.15, 0.2) is 59.5 Å². The molecule has 0 aliphatic heterocycles. The molecule has 2 aromatic carbocycles. The quantitative estimate of drug-likeness (QED) is 0.338. The van der Waals surface area contributed by atoms with E-state index in [2.05, 4.69) is 37.3 Å². The van der Waals surface area contributed by atoms with Gasteiger partial charge in [-0.1, -0.05) is 81.5 Å². The molecule has 0 saturated heterocycles. The minimum atomic E-state index is -4.09. The number of benzene rings is 2. The minimum Gasteiger partial charge on any atom is -0.282 e. The average molecular weight is 389 g/mol. The summed E-state index contributed by atoms with van der Waals surface area (Å²) in [6.45, 7) is 2.25. The first-order valence-electron chi connectivity index (χ1n) is 10.1. The van der Waals surface area contributed by atoms with Crippen molar-refractivity contribution in [3.8, 4) is 0 Å². The normalized spacial score (nSPS) is 12.8. The molecule has 0 aromatic heterocycles. The van der Waals surface area contributed by atoms with E-state index in [4.69, 9.17) is 4.55 Å². The van der Waals surface area contributed by atoms with Crippen molar-refractivity contribution in [1.29, 1.82) is 0 Å². The molecular weight excluding hydrogens is 356 g/mol. The zero-order valence-electron chi connectivity index (χ0n) is 16.3. The number of aryl methyl sites for hydroxylation is 1. The smallest absolute Gasteiger partial charge is 0.282 e. The van der Waals surface area contributed by atoms with Crippen molar-refractivity contribution in [2.24, 2.45) is 0 Å². The van der Waals surface area contributed by atoms with Crippen LogP contribution in [-0.2, 0) is 16.5 Å². The molecule has 0 heterocycles. The molecule has 0 amide bonds. The molecule has 0 bridgehead atoms. The Morgan fingerprint density at radius 1 is 0.815 bits per heavy atom. The zero-order valence-corrected chi connectivity index (χ0v) is 17.1. The molecule has 1 unspecified atom stereocenters. The Kier molecular flexibility index (Phi) is 9.02. The molecule has 148 valence electrons. The summed E-state index contributed by atoms with van der Waals surface area (Å²) >= 11 is 0. The third-order valence-corrected chi connectivity index (χ3v) is 6.03. The lowest BCUT2D eigenvalue weighted by atomic mass is 9.88. The zero-order chi connectivity index (χ0) is 19.5. The van der Waals surface area contributed by atoms with Crippen molar-refractivity contribution in [1.82, 2.24) is 0 Å². The van der Waals surface area contributed by atoms with E-state index in [-0.39, 0.29) is 4.90 Å². The van der Waals surface area contributed by atoms with Gasteiger partial charge in [0.15, 0.2) is 0 Å². The summed E-state index contributed by atoms with van der Waals surface area (Å²) < 4.78 is 31.2. The number of rotatable bonds is 12. The molecule has 0 fully saturated rings. The lowest BCUT2D eigenvalue weighted by molar-refractivity contribution is 0.483. The Balaban J connectivity index is 1.76. The van der Waals surface area contributed by atoms with Gasteiger partial charge >= 0.3 is 0 Å². The first-order chi connectivity index (χ1) is 13.0. The molecule has 27 heavy (non-hydrogen) atoms. The fraction of sp³-hybridized carbons (Fsp3) is 0.478. The topological polar surface area (TPSA) is 54.4 Å². The molecular formula is C23H32O3S. The van der Waals surface area contributed by atoms with Crippen LogP contribution in [0.5, 0.6) is 0 Å². The Morgan fingerprint density at radius 2 is 1.44 bits per heavy atom. The molecule has 2 rings (SSSR count). The van der Waals surface area contributed by atoms with Gasteiger partial charge in [-0.25, -0.2) is 0 Å². The highest BCUT2D eigenvalue weighted by atomic mass is 32.2. The second kappa shape index (κ2) is 11.3. The number of unbranched alkanes of at least 4 members (excludes halogenated alkanes) is 4.